The summed E-state index contributed by atoms with van der Waals surface area (Å²) >= 11 is 0. The van der Waals surface area contributed by atoms with Crippen LogP contribution in [0.3, 0.4) is 0 Å². The van der Waals surface area contributed by atoms with Crippen molar-refractivity contribution in [1.29, 1.82) is 0 Å². The van der Waals surface area contributed by atoms with E-state index in [1.54, 1.807) is 28.1 Å². The van der Waals surface area contributed by atoms with E-state index in [1.165, 1.54) is 4.31 Å². The molecule has 7 nitrogen and oxygen atoms in total. The molecule has 0 bridgehead atoms. The van der Waals surface area contributed by atoms with E-state index in [9.17, 15) is 8.42 Å². The molecule has 1 aromatic heterocycles. The van der Waals surface area contributed by atoms with Gasteiger partial charge in [0.2, 0.25) is 10.0 Å². The van der Waals surface area contributed by atoms with E-state index < -0.39 is 10.0 Å². The SMILES string of the molecule is COc1cc2c(cc1OC)C(C)(C)CN(S(=O)(=O)c1c(C)n[nH]c1C)C2. The maximum atomic E-state index is 13.3. The number of nitrogens with one attached hydrogen (secondary N) is 1. The maximum absolute atomic E-state index is 13.3. The zero-order valence-corrected chi connectivity index (χ0v) is 16.8. The van der Waals surface area contributed by atoms with Crippen LogP contribution in [-0.2, 0) is 22.0 Å². The third-order valence-electron chi connectivity index (χ3n) is 4.92. The quantitative estimate of drug-likeness (QED) is 0.882. The Labute approximate surface area is 154 Å². The normalized spacial score (nSPS) is 17.0. The number of hydrogen-bond donors (Lipinski definition) is 1. The van der Waals surface area contributed by atoms with Crippen LogP contribution in [0.25, 0.3) is 0 Å². The average molecular weight is 379 g/mol. The number of rotatable bonds is 4. The lowest BCUT2D eigenvalue weighted by Gasteiger charge is -2.39. The van der Waals surface area contributed by atoms with Crippen LogP contribution in [-0.4, -0.2) is 43.7 Å². The Balaban J connectivity index is 2.10. The lowest BCUT2D eigenvalue weighted by molar-refractivity contribution is 0.294. The summed E-state index contributed by atoms with van der Waals surface area (Å²) in [5.74, 6) is 1.24. The monoisotopic (exact) mass is 379 g/mol. The topological polar surface area (TPSA) is 84.5 Å². The molecule has 0 radical (unpaired) electrons. The van der Waals surface area contributed by atoms with Crippen molar-refractivity contribution in [2.45, 2.75) is 44.6 Å². The van der Waals surface area contributed by atoms with Crippen molar-refractivity contribution < 1.29 is 17.9 Å². The summed E-state index contributed by atoms with van der Waals surface area (Å²) in [6.07, 6.45) is 0. The predicted octanol–water partition coefficient (Wildman–Crippen LogP) is 2.53. The first kappa shape index (κ1) is 18.7. The van der Waals surface area contributed by atoms with Gasteiger partial charge in [0.05, 0.1) is 25.6 Å². The van der Waals surface area contributed by atoms with Crippen LogP contribution in [0.1, 0.15) is 36.4 Å². The number of sulfonamides is 1. The van der Waals surface area contributed by atoms with Gasteiger partial charge in [0.25, 0.3) is 0 Å². The van der Waals surface area contributed by atoms with E-state index in [4.69, 9.17) is 9.47 Å². The summed E-state index contributed by atoms with van der Waals surface area (Å²) in [6, 6.07) is 3.82. The summed E-state index contributed by atoms with van der Waals surface area (Å²) in [5, 5.41) is 6.80. The van der Waals surface area contributed by atoms with Crippen LogP contribution < -0.4 is 9.47 Å². The average Bonchev–Trinajstić information content (AvgIpc) is 2.92. The molecule has 1 aliphatic heterocycles. The minimum Gasteiger partial charge on any atom is -0.493 e. The largest absolute Gasteiger partial charge is 0.493 e. The summed E-state index contributed by atoms with van der Waals surface area (Å²) in [5.41, 5.74) is 2.66. The second kappa shape index (κ2) is 6.28. The first-order valence-electron chi connectivity index (χ1n) is 8.39. The molecule has 0 saturated carbocycles. The van der Waals surface area contributed by atoms with Gasteiger partial charge in [-0.25, -0.2) is 8.42 Å². The summed E-state index contributed by atoms with van der Waals surface area (Å²) in [7, 11) is -0.489. The molecule has 2 aromatic rings. The highest BCUT2D eigenvalue weighted by molar-refractivity contribution is 7.89. The lowest BCUT2D eigenvalue weighted by atomic mass is 9.79. The summed E-state index contributed by atoms with van der Waals surface area (Å²) in [6.45, 7) is 8.16. The Morgan fingerprint density at radius 3 is 2.31 bits per heavy atom. The Bertz CT molecular complexity index is 928. The molecule has 3 rings (SSSR count). The van der Waals surface area contributed by atoms with Crippen LogP contribution in [0.5, 0.6) is 11.5 Å². The zero-order chi connectivity index (χ0) is 19.3. The molecule has 1 N–H and O–H groups in total. The van der Waals surface area contributed by atoms with E-state index in [0.717, 1.165) is 11.1 Å². The fourth-order valence-corrected chi connectivity index (χ4v) is 5.59. The Morgan fingerprint density at radius 2 is 1.77 bits per heavy atom. The molecule has 0 spiro atoms. The van der Waals surface area contributed by atoms with Gasteiger partial charge in [-0.1, -0.05) is 13.8 Å². The number of hydrogen-bond acceptors (Lipinski definition) is 5. The van der Waals surface area contributed by atoms with E-state index in [1.807, 2.05) is 26.0 Å². The molecule has 8 heteroatoms. The Kier molecular flexibility index (Phi) is 4.52. The maximum Gasteiger partial charge on any atom is 0.247 e. The number of aromatic nitrogens is 2. The number of ether oxygens (including phenoxy) is 2. The third kappa shape index (κ3) is 2.87. The molecule has 0 saturated heterocycles. The van der Waals surface area contributed by atoms with E-state index >= 15 is 0 Å². The number of benzene rings is 1. The fraction of sp³-hybridized carbons (Fsp3) is 0.500. The molecular formula is C18H25N3O4S. The van der Waals surface area contributed by atoms with Crippen molar-refractivity contribution in [2.75, 3.05) is 20.8 Å². The molecule has 0 atom stereocenters. The standard InChI is InChI=1S/C18H25N3O4S/c1-11-17(12(2)20-19-11)26(22,23)21-9-13-7-15(24-5)16(25-6)8-14(13)18(3,4)10-21/h7-8H,9-10H2,1-6H3,(H,19,20). The second-order valence-electron chi connectivity index (χ2n) is 7.28. The number of fused-ring (bicyclic) bond motifs is 1. The van der Waals surface area contributed by atoms with E-state index in [0.29, 0.717) is 29.4 Å². The first-order valence-corrected chi connectivity index (χ1v) is 9.83. The van der Waals surface area contributed by atoms with Gasteiger partial charge < -0.3 is 9.47 Å². The molecule has 142 valence electrons. The fourth-order valence-electron chi connectivity index (χ4n) is 3.67. The van der Waals surface area contributed by atoms with Gasteiger partial charge in [0, 0.05) is 18.5 Å². The van der Waals surface area contributed by atoms with Crippen molar-refractivity contribution in [2.24, 2.45) is 0 Å². The van der Waals surface area contributed by atoms with E-state index in [2.05, 4.69) is 10.2 Å². The van der Waals surface area contributed by atoms with Crippen molar-refractivity contribution in [3.63, 3.8) is 0 Å². The minimum absolute atomic E-state index is 0.261. The van der Waals surface area contributed by atoms with Crippen molar-refractivity contribution in [3.8, 4) is 11.5 Å². The molecular weight excluding hydrogens is 354 g/mol. The molecule has 26 heavy (non-hydrogen) atoms. The van der Waals surface area contributed by atoms with Crippen LogP contribution >= 0.6 is 0 Å². The Morgan fingerprint density at radius 1 is 1.15 bits per heavy atom. The van der Waals surface area contributed by atoms with Gasteiger partial charge in [0.1, 0.15) is 4.90 Å². The number of nitrogens with zero attached hydrogens (tertiary/aromatic N) is 2. The molecule has 1 aromatic carbocycles. The number of aromatic amines is 1. The van der Waals surface area contributed by atoms with Crippen molar-refractivity contribution in [3.05, 3.63) is 34.6 Å². The second-order valence-corrected chi connectivity index (χ2v) is 9.16. The van der Waals surface area contributed by atoms with Gasteiger partial charge in [-0.05, 0) is 37.1 Å². The van der Waals surface area contributed by atoms with Crippen molar-refractivity contribution >= 4 is 10.0 Å². The number of methoxy groups -OCH3 is 2. The summed E-state index contributed by atoms with van der Waals surface area (Å²) < 4.78 is 38.9. The van der Waals surface area contributed by atoms with Crippen molar-refractivity contribution in [1.82, 2.24) is 14.5 Å². The Hall–Kier alpha value is -2.06. The smallest absolute Gasteiger partial charge is 0.247 e. The highest BCUT2D eigenvalue weighted by Crippen LogP contribution is 2.41. The molecule has 0 amide bonds. The van der Waals surface area contributed by atoms with E-state index in [-0.39, 0.29) is 16.9 Å². The van der Waals surface area contributed by atoms with Crippen LogP contribution in [0.15, 0.2) is 17.0 Å². The number of H-pyrrole nitrogens is 1. The van der Waals surface area contributed by atoms with Gasteiger partial charge >= 0.3 is 0 Å². The van der Waals surface area contributed by atoms with Gasteiger partial charge in [0.15, 0.2) is 11.5 Å². The van der Waals surface area contributed by atoms with Crippen LogP contribution in [0.2, 0.25) is 0 Å². The molecule has 0 fully saturated rings. The molecule has 2 heterocycles. The first-order chi connectivity index (χ1) is 12.1. The summed E-state index contributed by atoms with van der Waals surface area (Å²) in [4.78, 5) is 0.261. The zero-order valence-electron chi connectivity index (χ0n) is 16.0. The minimum atomic E-state index is -3.66. The highest BCUT2D eigenvalue weighted by atomic mass is 32.2. The predicted molar refractivity (Wildman–Crippen MR) is 98.2 cm³/mol. The van der Waals surface area contributed by atoms with Gasteiger partial charge in [-0.15, -0.1) is 0 Å². The van der Waals surface area contributed by atoms with Crippen LogP contribution in [0, 0.1) is 13.8 Å². The molecule has 0 unspecified atom stereocenters. The lowest BCUT2D eigenvalue weighted by Crippen LogP contribution is -2.45. The van der Waals surface area contributed by atoms with Crippen LogP contribution in [0.4, 0.5) is 0 Å². The van der Waals surface area contributed by atoms with Gasteiger partial charge in [-0.2, -0.15) is 9.40 Å². The highest BCUT2D eigenvalue weighted by Gasteiger charge is 2.40. The molecule has 1 aliphatic rings. The molecule has 0 aliphatic carbocycles. The third-order valence-corrected chi connectivity index (χ3v) is 6.97. The van der Waals surface area contributed by atoms with Gasteiger partial charge in [-0.3, -0.25) is 5.10 Å². The number of aryl methyl sites for hydroxylation is 2.